The minimum atomic E-state index is -1.82. The molecule has 0 radical (unpaired) electrons. The number of nitrogens with zero attached hydrogens (tertiary/aromatic N) is 1. The number of carbonyl (C=O) groups is 1. The minimum Gasteiger partial charge on any atom is -0.508 e. The van der Waals surface area contributed by atoms with Crippen LogP contribution < -0.4 is 4.90 Å². The van der Waals surface area contributed by atoms with E-state index in [1.54, 1.807) is 17.0 Å². The number of benzene rings is 1. The Morgan fingerprint density at radius 1 is 1.47 bits per heavy atom. The van der Waals surface area contributed by atoms with Gasteiger partial charge in [0, 0.05) is 18.3 Å². The molecule has 0 aromatic heterocycles. The van der Waals surface area contributed by atoms with Crippen molar-refractivity contribution in [2.24, 2.45) is 0 Å². The Balaban J connectivity index is 2.90. The normalized spacial score (nSPS) is 14.1. The molecule has 0 aliphatic rings. The molecule has 0 spiro atoms. The summed E-state index contributed by atoms with van der Waals surface area (Å²) in [6, 6.07) is 6.48. The number of phenolic OH excluding ortho intramolecular Hbond substituents is 1. The van der Waals surface area contributed by atoms with Crippen LogP contribution in [0.3, 0.4) is 0 Å². The lowest BCUT2D eigenvalue weighted by atomic mass is 10.1. The highest BCUT2D eigenvalue weighted by molar-refractivity contribution is 5.77. The number of hydrogen-bond donors (Lipinski definition) is 3. The van der Waals surface area contributed by atoms with Gasteiger partial charge in [-0.1, -0.05) is 6.07 Å². The molecule has 1 unspecified atom stereocenters. The molecule has 17 heavy (non-hydrogen) atoms. The van der Waals surface area contributed by atoms with Gasteiger partial charge in [-0.25, -0.2) is 4.79 Å². The van der Waals surface area contributed by atoms with Crippen molar-refractivity contribution in [2.75, 3.05) is 18.0 Å². The van der Waals surface area contributed by atoms with E-state index in [0.717, 1.165) is 0 Å². The zero-order valence-electron chi connectivity index (χ0n) is 9.92. The van der Waals surface area contributed by atoms with Gasteiger partial charge in [-0.15, -0.1) is 0 Å². The number of aliphatic carboxylic acids is 1. The van der Waals surface area contributed by atoms with Crippen LogP contribution in [-0.2, 0) is 4.79 Å². The maximum atomic E-state index is 10.8. The number of aromatic hydroxyl groups is 1. The van der Waals surface area contributed by atoms with E-state index in [-0.39, 0.29) is 12.3 Å². The van der Waals surface area contributed by atoms with Crippen molar-refractivity contribution in [1.82, 2.24) is 0 Å². The van der Waals surface area contributed by atoms with Gasteiger partial charge in [0.15, 0.2) is 5.60 Å². The third-order valence-corrected chi connectivity index (χ3v) is 2.54. The van der Waals surface area contributed by atoms with E-state index in [2.05, 4.69) is 0 Å². The first-order chi connectivity index (χ1) is 7.86. The molecular weight excluding hydrogens is 222 g/mol. The molecule has 0 saturated carbocycles. The fourth-order valence-corrected chi connectivity index (χ4v) is 1.51. The Hall–Kier alpha value is -1.75. The number of hydrogen-bond acceptors (Lipinski definition) is 4. The molecule has 0 amide bonds. The van der Waals surface area contributed by atoms with Crippen LogP contribution in [0.15, 0.2) is 24.3 Å². The first-order valence-corrected chi connectivity index (χ1v) is 5.36. The van der Waals surface area contributed by atoms with Crippen LogP contribution in [0.5, 0.6) is 5.75 Å². The number of likely N-dealkylation sites (N-methyl/N-ethyl adjacent to an activating group) is 1. The Bertz CT molecular complexity index is 403. The summed E-state index contributed by atoms with van der Waals surface area (Å²) in [4.78, 5) is 12.5. The second-order valence-corrected chi connectivity index (χ2v) is 4.11. The van der Waals surface area contributed by atoms with Gasteiger partial charge in [-0.2, -0.15) is 0 Å². The highest BCUT2D eigenvalue weighted by Gasteiger charge is 2.32. The van der Waals surface area contributed by atoms with Gasteiger partial charge in [0.05, 0.1) is 6.54 Å². The smallest absolute Gasteiger partial charge is 0.337 e. The van der Waals surface area contributed by atoms with Crippen LogP contribution in [0.4, 0.5) is 5.69 Å². The molecule has 0 aliphatic carbocycles. The van der Waals surface area contributed by atoms with Crippen LogP contribution in [0.25, 0.3) is 0 Å². The quantitative estimate of drug-likeness (QED) is 0.715. The third kappa shape index (κ3) is 3.35. The molecule has 0 aliphatic heterocycles. The predicted octanol–water partition coefficient (Wildman–Crippen LogP) is 1.05. The van der Waals surface area contributed by atoms with Crippen molar-refractivity contribution in [1.29, 1.82) is 0 Å². The van der Waals surface area contributed by atoms with Crippen molar-refractivity contribution in [3.05, 3.63) is 24.3 Å². The van der Waals surface area contributed by atoms with Gasteiger partial charge in [-0.05, 0) is 26.0 Å². The molecule has 5 nitrogen and oxygen atoms in total. The molecule has 3 N–H and O–H groups in total. The summed E-state index contributed by atoms with van der Waals surface area (Å²) >= 11 is 0. The minimum absolute atomic E-state index is 0.0394. The molecular formula is C12H17NO4. The van der Waals surface area contributed by atoms with Crippen LogP contribution in [-0.4, -0.2) is 40.0 Å². The Kier molecular flexibility index (Phi) is 3.96. The Morgan fingerprint density at radius 2 is 2.12 bits per heavy atom. The summed E-state index contributed by atoms with van der Waals surface area (Å²) in [5.74, 6) is -1.16. The highest BCUT2D eigenvalue weighted by Crippen LogP contribution is 2.21. The maximum absolute atomic E-state index is 10.8. The Morgan fingerprint density at radius 3 is 2.59 bits per heavy atom. The number of rotatable bonds is 5. The lowest BCUT2D eigenvalue weighted by Gasteiger charge is -2.29. The first kappa shape index (κ1) is 13.3. The number of carboxylic acids is 1. The van der Waals surface area contributed by atoms with Crippen molar-refractivity contribution in [3.8, 4) is 5.75 Å². The van der Waals surface area contributed by atoms with Crippen LogP contribution >= 0.6 is 0 Å². The van der Waals surface area contributed by atoms with Crippen molar-refractivity contribution in [2.45, 2.75) is 19.4 Å². The second kappa shape index (κ2) is 5.05. The van der Waals surface area contributed by atoms with Gasteiger partial charge >= 0.3 is 5.97 Å². The summed E-state index contributed by atoms with van der Waals surface area (Å²) in [6.07, 6.45) is 0. The molecule has 1 aromatic carbocycles. The SMILES string of the molecule is CCN(CC(C)(O)C(=O)O)c1cccc(O)c1. The second-order valence-electron chi connectivity index (χ2n) is 4.11. The number of phenols is 1. The van der Waals surface area contributed by atoms with E-state index >= 15 is 0 Å². The average molecular weight is 239 g/mol. The van der Waals surface area contributed by atoms with Crippen LogP contribution in [0, 0.1) is 0 Å². The summed E-state index contributed by atoms with van der Waals surface area (Å²) in [6.45, 7) is 3.60. The average Bonchev–Trinajstić information content (AvgIpc) is 2.25. The molecule has 0 bridgehead atoms. The van der Waals surface area contributed by atoms with Crippen molar-refractivity contribution < 1.29 is 20.1 Å². The largest absolute Gasteiger partial charge is 0.508 e. The van der Waals surface area contributed by atoms with Gasteiger partial charge < -0.3 is 20.2 Å². The standard InChI is InChI=1S/C12H17NO4/c1-3-13(8-12(2,17)11(15)16)9-5-4-6-10(14)7-9/h4-7,14,17H,3,8H2,1-2H3,(H,15,16). The van der Waals surface area contributed by atoms with Gasteiger partial charge in [-0.3, -0.25) is 0 Å². The van der Waals surface area contributed by atoms with E-state index < -0.39 is 11.6 Å². The predicted molar refractivity (Wildman–Crippen MR) is 64.3 cm³/mol. The molecule has 1 rings (SSSR count). The maximum Gasteiger partial charge on any atom is 0.337 e. The summed E-state index contributed by atoms with van der Waals surface area (Å²) in [5.41, 5.74) is -1.14. The molecule has 0 heterocycles. The van der Waals surface area contributed by atoms with Crippen molar-refractivity contribution in [3.63, 3.8) is 0 Å². The lowest BCUT2D eigenvalue weighted by Crippen LogP contribution is -2.46. The molecule has 0 fully saturated rings. The topological polar surface area (TPSA) is 81.0 Å². The molecule has 1 atom stereocenters. The van der Waals surface area contributed by atoms with Crippen LogP contribution in [0.2, 0.25) is 0 Å². The van der Waals surface area contributed by atoms with Crippen LogP contribution in [0.1, 0.15) is 13.8 Å². The molecule has 94 valence electrons. The zero-order chi connectivity index (χ0) is 13.1. The first-order valence-electron chi connectivity index (χ1n) is 5.36. The van der Waals surface area contributed by atoms with Gasteiger partial charge in [0.1, 0.15) is 5.75 Å². The van der Waals surface area contributed by atoms with E-state index in [0.29, 0.717) is 12.2 Å². The molecule has 1 aromatic rings. The van der Waals surface area contributed by atoms with Gasteiger partial charge in [0.2, 0.25) is 0 Å². The number of carboxylic acid groups (broad SMARTS) is 1. The van der Waals surface area contributed by atoms with Crippen molar-refractivity contribution >= 4 is 11.7 Å². The number of aliphatic hydroxyl groups is 1. The summed E-state index contributed by atoms with van der Waals surface area (Å²) in [7, 11) is 0. The van der Waals surface area contributed by atoms with E-state index in [9.17, 15) is 15.0 Å². The van der Waals surface area contributed by atoms with E-state index in [1.165, 1.54) is 19.1 Å². The highest BCUT2D eigenvalue weighted by atomic mass is 16.4. The summed E-state index contributed by atoms with van der Waals surface area (Å²) in [5, 5.41) is 27.9. The molecule has 0 saturated heterocycles. The van der Waals surface area contributed by atoms with E-state index in [4.69, 9.17) is 5.11 Å². The fraction of sp³-hybridized carbons (Fsp3) is 0.417. The Labute approximate surface area is 99.9 Å². The zero-order valence-corrected chi connectivity index (χ0v) is 9.92. The number of anilines is 1. The third-order valence-electron chi connectivity index (χ3n) is 2.54. The molecule has 5 heteroatoms. The lowest BCUT2D eigenvalue weighted by molar-refractivity contribution is -0.155. The summed E-state index contributed by atoms with van der Waals surface area (Å²) < 4.78 is 0. The van der Waals surface area contributed by atoms with E-state index in [1.807, 2.05) is 6.92 Å². The fourth-order valence-electron chi connectivity index (χ4n) is 1.51. The monoisotopic (exact) mass is 239 g/mol. The van der Waals surface area contributed by atoms with Gasteiger partial charge in [0.25, 0.3) is 0 Å².